The SMILES string of the molecule is CC(C)N1C(=O)N(C)C(=O)C12CCN(CC1CN(C(=O)CC(C)(C)C)CC1c1ccccc1)CC2.Cl. The molecule has 2 unspecified atom stereocenters. The van der Waals surface area contributed by atoms with Gasteiger partial charge < -0.3 is 14.7 Å². The number of carbonyl (C=O) groups is 3. The van der Waals surface area contributed by atoms with Gasteiger partial charge in [-0.2, -0.15) is 0 Å². The van der Waals surface area contributed by atoms with Gasteiger partial charge in [-0.05, 0) is 43.6 Å². The summed E-state index contributed by atoms with van der Waals surface area (Å²) in [4.78, 5) is 46.6. The molecule has 200 valence electrons. The third-order valence-electron chi connectivity index (χ3n) is 8.05. The lowest BCUT2D eigenvalue weighted by molar-refractivity contribution is -0.135. The zero-order chi connectivity index (χ0) is 25.5. The third-order valence-corrected chi connectivity index (χ3v) is 8.05. The van der Waals surface area contributed by atoms with Crippen molar-refractivity contribution in [3.63, 3.8) is 0 Å². The van der Waals surface area contributed by atoms with E-state index in [1.165, 1.54) is 10.5 Å². The molecular formula is C28H43ClN4O3. The first kappa shape index (κ1) is 28.5. The van der Waals surface area contributed by atoms with Crippen LogP contribution in [0.25, 0.3) is 0 Å². The number of hydrogen-bond donors (Lipinski definition) is 0. The number of amides is 4. The summed E-state index contributed by atoms with van der Waals surface area (Å²) >= 11 is 0. The summed E-state index contributed by atoms with van der Waals surface area (Å²) in [7, 11) is 1.60. The van der Waals surface area contributed by atoms with Crippen molar-refractivity contribution >= 4 is 30.3 Å². The van der Waals surface area contributed by atoms with Gasteiger partial charge in [-0.15, -0.1) is 12.4 Å². The molecule has 3 aliphatic rings. The van der Waals surface area contributed by atoms with E-state index < -0.39 is 5.54 Å². The van der Waals surface area contributed by atoms with E-state index in [0.717, 1.165) is 32.7 Å². The molecule has 4 amide bonds. The molecule has 0 bridgehead atoms. The second-order valence-electron chi connectivity index (χ2n) is 12.3. The number of piperidine rings is 1. The maximum absolute atomic E-state index is 13.1. The Bertz CT molecular complexity index is 953. The predicted octanol–water partition coefficient (Wildman–Crippen LogP) is 4.22. The van der Waals surface area contributed by atoms with Crippen LogP contribution in [0.5, 0.6) is 0 Å². The van der Waals surface area contributed by atoms with Crippen LogP contribution in [-0.2, 0) is 9.59 Å². The van der Waals surface area contributed by atoms with Gasteiger partial charge in [0, 0.05) is 58.2 Å². The first-order valence-electron chi connectivity index (χ1n) is 13.1. The van der Waals surface area contributed by atoms with Gasteiger partial charge in [-0.3, -0.25) is 14.5 Å². The molecule has 1 aromatic carbocycles. The molecule has 0 aliphatic carbocycles. The first-order valence-corrected chi connectivity index (χ1v) is 13.1. The quantitative estimate of drug-likeness (QED) is 0.547. The van der Waals surface area contributed by atoms with E-state index in [2.05, 4.69) is 54.8 Å². The summed E-state index contributed by atoms with van der Waals surface area (Å²) in [6.07, 6.45) is 1.88. The summed E-state index contributed by atoms with van der Waals surface area (Å²) in [5.41, 5.74) is 0.556. The first-order chi connectivity index (χ1) is 16.4. The minimum absolute atomic E-state index is 0. The zero-order valence-corrected chi connectivity index (χ0v) is 23.5. The molecule has 3 fully saturated rings. The second kappa shape index (κ2) is 10.7. The summed E-state index contributed by atoms with van der Waals surface area (Å²) in [6, 6.07) is 10.4. The smallest absolute Gasteiger partial charge is 0.327 e. The van der Waals surface area contributed by atoms with E-state index in [1.54, 1.807) is 7.05 Å². The summed E-state index contributed by atoms with van der Waals surface area (Å²) in [5, 5.41) is 0. The fourth-order valence-corrected chi connectivity index (χ4v) is 6.36. The number of benzene rings is 1. The highest BCUT2D eigenvalue weighted by Crippen LogP contribution is 2.40. The van der Waals surface area contributed by atoms with Crippen LogP contribution in [0.1, 0.15) is 65.4 Å². The van der Waals surface area contributed by atoms with Crippen LogP contribution in [0.15, 0.2) is 30.3 Å². The molecule has 1 spiro atoms. The van der Waals surface area contributed by atoms with E-state index in [9.17, 15) is 14.4 Å². The standard InChI is InChI=1S/C28H42N4O3.ClH/c1-20(2)32-26(35)29(6)25(34)28(32)12-14-30(15-13-28)17-22-18-31(24(33)16-27(3,4)5)19-23(22)21-10-8-7-9-11-21;/h7-11,20,22-23H,12-19H2,1-6H3;1H. The van der Waals surface area contributed by atoms with Crippen LogP contribution < -0.4 is 0 Å². The minimum Gasteiger partial charge on any atom is -0.342 e. The monoisotopic (exact) mass is 518 g/mol. The van der Waals surface area contributed by atoms with Gasteiger partial charge in [0.25, 0.3) is 5.91 Å². The number of carbonyl (C=O) groups excluding carboxylic acids is 3. The average Bonchev–Trinajstić information content (AvgIpc) is 3.29. The molecule has 2 atom stereocenters. The Balaban J connectivity index is 0.00000361. The van der Waals surface area contributed by atoms with Gasteiger partial charge in [-0.25, -0.2) is 4.79 Å². The number of likely N-dealkylation sites (N-methyl/N-ethyl adjacent to an activating group) is 1. The number of rotatable bonds is 5. The molecule has 3 saturated heterocycles. The summed E-state index contributed by atoms with van der Waals surface area (Å²) in [5.74, 6) is 0.839. The number of halogens is 1. The average molecular weight is 519 g/mol. The van der Waals surface area contributed by atoms with Crippen molar-refractivity contribution in [1.29, 1.82) is 0 Å². The van der Waals surface area contributed by atoms with Gasteiger partial charge in [0.05, 0.1) is 0 Å². The van der Waals surface area contributed by atoms with E-state index in [1.807, 2.05) is 24.8 Å². The van der Waals surface area contributed by atoms with E-state index >= 15 is 0 Å². The number of imide groups is 1. The maximum Gasteiger partial charge on any atom is 0.327 e. The summed E-state index contributed by atoms with van der Waals surface area (Å²) < 4.78 is 0. The molecule has 7 nitrogen and oxygen atoms in total. The molecule has 0 N–H and O–H groups in total. The van der Waals surface area contributed by atoms with Crippen molar-refractivity contribution in [2.75, 3.05) is 39.8 Å². The Hall–Kier alpha value is -2.12. The molecule has 8 heteroatoms. The Labute approximate surface area is 222 Å². The highest BCUT2D eigenvalue weighted by Gasteiger charge is 2.57. The number of likely N-dealkylation sites (tertiary alicyclic amines) is 2. The Kier molecular flexibility index (Phi) is 8.46. The molecule has 1 aromatic rings. The molecule has 3 aliphatic heterocycles. The van der Waals surface area contributed by atoms with Crippen molar-refractivity contribution in [3.05, 3.63) is 35.9 Å². The highest BCUT2D eigenvalue weighted by atomic mass is 35.5. The van der Waals surface area contributed by atoms with Gasteiger partial charge in [0.15, 0.2) is 0 Å². The largest absolute Gasteiger partial charge is 0.342 e. The molecule has 4 rings (SSSR count). The fourth-order valence-electron chi connectivity index (χ4n) is 6.36. The lowest BCUT2D eigenvalue weighted by atomic mass is 9.83. The topological polar surface area (TPSA) is 64.2 Å². The van der Waals surface area contributed by atoms with Crippen molar-refractivity contribution in [2.45, 2.75) is 71.4 Å². The van der Waals surface area contributed by atoms with E-state index in [4.69, 9.17) is 0 Å². The van der Waals surface area contributed by atoms with Gasteiger partial charge >= 0.3 is 6.03 Å². The highest BCUT2D eigenvalue weighted by molar-refractivity contribution is 6.07. The molecule has 0 aromatic heterocycles. The van der Waals surface area contributed by atoms with Gasteiger partial charge in [-0.1, -0.05) is 51.1 Å². The summed E-state index contributed by atoms with van der Waals surface area (Å²) in [6.45, 7) is 14.3. The van der Waals surface area contributed by atoms with E-state index in [0.29, 0.717) is 31.1 Å². The fraction of sp³-hybridized carbons (Fsp3) is 0.679. The molecule has 36 heavy (non-hydrogen) atoms. The lowest BCUT2D eigenvalue weighted by Gasteiger charge is -2.44. The lowest BCUT2D eigenvalue weighted by Crippen LogP contribution is -2.58. The Morgan fingerprint density at radius 1 is 1.06 bits per heavy atom. The minimum atomic E-state index is -0.709. The van der Waals surface area contributed by atoms with Crippen molar-refractivity contribution in [3.8, 4) is 0 Å². The second-order valence-corrected chi connectivity index (χ2v) is 12.3. The van der Waals surface area contributed by atoms with Crippen molar-refractivity contribution in [1.82, 2.24) is 19.6 Å². The Morgan fingerprint density at radius 3 is 2.22 bits per heavy atom. The third kappa shape index (κ3) is 5.42. The number of urea groups is 1. The van der Waals surface area contributed by atoms with Crippen LogP contribution in [-0.4, -0.2) is 88.8 Å². The van der Waals surface area contributed by atoms with Crippen molar-refractivity contribution < 1.29 is 14.4 Å². The van der Waals surface area contributed by atoms with Crippen molar-refractivity contribution in [2.24, 2.45) is 11.3 Å². The van der Waals surface area contributed by atoms with Crippen LogP contribution in [0.2, 0.25) is 0 Å². The van der Waals surface area contributed by atoms with Gasteiger partial charge in [0.2, 0.25) is 5.91 Å². The van der Waals surface area contributed by atoms with E-state index in [-0.39, 0.29) is 41.7 Å². The molecular weight excluding hydrogens is 476 g/mol. The van der Waals surface area contributed by atoms with Crippen LogP contribution in [0.4, 0.5) is 4.79 Å². The van der Waals surface area contributed by atoms with Crippen LogP contribution in [0.3, 0.4) is 0 Å². The molecule has 0 saturated carbocycles. The number of nitrogens with zero attached hydrogens (tertiary/aromatic N) is 4. The predicted molar refractivity (Wildman–Crippen MR) is 144 cm³/mol. The number of hydrogen-bond acceptors (Lipinski definition) is 4. The van der Waals surface area contributed by atoms with Crippen LogP contribution >= 0.6 is 12.4 Å². The normalized spacial score (nSPS) is 24.7. The molecule has 0 radical (unpaired) electrons. The van der Waals surface area contributed by atoms with Crippen LogP contribution in [0, 0.1) is 11.3 Å². The maximum atomic E-state index is 13.1. The zero-order valence-electron chi connectivity index (χ0n) is 22.7. The molecule has 3 heterocycles. The Morgan fingerprint density at radius 2 is 1.67 bits per heavy atom. The van der Waals surface area contributed by atoms with Gasteiger partial charge in [0.1, 0.15) is 5.54 Å².